The molecule has 0 aromatic carbocycles. The minimum Gasteiger partial charge on any atom is -0.480 e. The van der Waals surface area contributed by atoms with E-state index in [1.165, 1.54) is 0 Å². The van der Waals surface area contributed by atoms with Crippen molar-refractivity contribution in [3.05, 3.63) is 0 Å². The highest BCUT2D eigenvalue weighted by atomic mass is 19.4. The van der Waals surface area contributed by atoms with Gasteiger partial charge in [-0.3, -0.25) is 9.59 Å². The average Bonchev–Trinajstić information content (AvgIpc) is 2.88. The summed E-state index contributed by atoms with van der Waals surface area (Å²) in [6.45, 7) is 6.05. The van der Waals surface area contributed by atoms with Crippen LogP contribution in [0.4, 0.5) is 13.2 Å². The zero-order chi connectivity index (χ0) is 20.0. The second-order valence-corrected chi connectivity index (χ2v) is 7.61. The molecular weight excluding hydrogens is 355 g/mol. The van der Waals surface area contributed by atoms with E-state index in [1.54, 1.807) is 24.2 Å². The van der Waals surface area contributed by atoms with Crippen molar-refractivity contribution in [2.75, 3.05) is 26.7 Å². The van der Waals surface area contributed by atoms with E-state index in [0.29, 0.717) is 6.54 Å². The van der Waals surface area contributed by atoms with Crippen molar-refractivity contribution in [2.45, 2.75) is 39.0 Å². The van der Waals surface area contributed by atoms with Gasteiger partial charge >= 0.3 is 18.1 Å². The second kappa shape index (κ2) is 6.71. The van der Waals surface area contributed by atoms with Crippen LogP contribution in [0.25, 0.3) is 0 Å². The number of amides is 2. The molecule has 26 heavy (non-hydrogen) atoms. The molecular formula is C16H24F3N3O4. The van der Waals surface area contributed by atoms with Gasteiger partial charge in [0.15, 0.2) is 0 Å². The maximum absolute atomic E-state index is 12.8. The summed E-state index contributed by atoms with van der Waals surface area (Å²) in [4.78, 5) is 38.5. The first-order chi connectivity index (χ1) is 11.8. The van der Waals surface area contributed by atoms with Gasteiger partial charge in [0, 0.05) is 19.0 Å². The highest BCUT2D eigenvalue weighted by Gasteiger charge is 2.69. The van der Waals surface area contributed by atoms with Crippen LogP contribution in [0.2, 0.25) is 0 Å². The highest BCUT2D eigenvalue weighted by Crippen LogP contribution is 2.64. The van der Waals surface area contributed by atoms with E-state index in [4.69, 9.17) is 0 Å². The Morgan fingerprint density at radius 2 is 1.92 bits per heavy atom. The van der Waals surface area contributed by atoms with Crippen LogP contribution in [0.3, 0.4) is 0 Å². The van der Waals surface area contributed by atoms with Crippen molar-refractivity contribution >= 4 is 17.8 Å². The number of hydrogen-bond donors (Lipinski definition) is 2. The fourth-order valence-corrected chi connectivity index (χ4v) is 3.86. The van der Waals surface area contributed by atoms with Crippen molar-refractivity contribution < 1.29 is 32.7 Å². The Labute approximate surface area is 149 Å². The summed E-state index contributed by atoms with van der Waals surface area (Å²) in [5.74, 6) is -4.42. The molecule has 2 aliphatic rings. The molecule has 148 valence electrons. The Kier molecular flexibility index (Phi) is 5.29. The van der Waals surface area contributed by atoms with Gasteiger partial charge in [0.05, 0.1) is 0 Å². The molecule has 2 fully saturated rings. The highest BCUT2D eigenvalue weighted by molar-refractivity contribution is 5.93. The Hall–Kier alpha value is -1.84. The molecule has 4 atom stereocenters. The van der Waals surface area contributed by atoms with Crippen LogP contribution < -0.4 is 5.32 Å². The first kappa shape index (κ1) is 20.5. The van der Waals surface area contributed by atoms with Crippen LogP contribution >= 0.6 is 0 Å². The number of carboxylic acid groups (broad SMARTS) is 1. The zero-order valence-corrected chi connectivity index (χ0v) is 15.1. The Bertz CT molecular complexity index is 608. The first-order valence-electron chi connectivity index (χ1n) is 8.41. The van der Waals surface area contributed by atoms with Crippen LogP contribution in [0, 0.1) is 17.3 Å². The van der Waals surface area contributed by atoms with Gasteiger partial charge in [0.1, 0.15) is 12.1 Å². The summed E-state index contributed by atoms with van der Waals surface area (Å²) < 4.78 is 37.8. The smallest absolute Gasteiger partial charge is 0.471 e. The first-order valence-corrected chi connectivity index (χ1v) is 8.41. The van der Waals surface area contributed by atoms with Crippen molar-refractivity contribution in [1.29, 1.82) is 0 Å². The number of piperidine rings is 1. The maximum atomic E-state index is 12.8. The number of likely N-dealkylation sites (N-methyl/N-ethyl adjacent to an activating group) is 1. The normalized spacial score (nSPS) is 27.8. The standard InChI is InChI=1S/C16H24F3N3O4/c1-5-21(4)7-9(20-14(26)16(17,18)19)12(23)22-6-8-10(15(8,2)3)11(22)13(24)25/h8-11H,5-7H2,1-4H3,(H,20,26)(H,24,25)/t8-,9-,10-,11-/m0/s1. The van der Waals surface area contributed by atoms with Gasteiger partial charge in [0.25, 0.3) is 0 Å². The van der Waals surface area contributed by atoms with Crippen LogP contribution in [0.15, 0.2) is 0 Å². The molecule has 0 bridgehead atoms. The van der Waals surface area contributed by atoms with E-state index in [1.807, 2.05) is 13.8 Å². The summed E-state index contributed by atoms with van der Waals surface area (Å²) in [7, 11) is 1.60. The average molecular weight is 379 g/mol. The summed E-state index contributed by atoms with van der Waals surface area (Å²) in [6, 6.07) is -2.55. The van der Waals surface area contributed by atoms with Crippen LogP contribution in [-0.2, 0) is 14.4 Å². The lowest BCUT2D eigenvalue weighted by Crippen LogP contribution is -2.58. The molecule has 0 spiro atoms. The summed E-state index contributed by atoms with van der Waals surface area (Å²) in [5.41, 5.74) is -0.217. The third-order valence-electron chi connectivity index (χ3n) is 5.64. The minimum atomic E-state index is -5.12. The number of carboxylic acids is 1. The lowest BCUT2D eigenvalue weighted by Gasteiger charge is -2.33. The van der Waals surface area contributed by atoms with Crippen LogP contribution in [0.1, 0.15) is 20.8 Å². The third-order valence-corrected chi connectivity index (χ3v) is 5.64. The molecule has 1 heterocycles. The second-order valence-electron chi connectivity index (χ2n) is 7.61. The van der Waals surface area contributed by atoms with Crippen LogP contribution in [-0.4, -0.2) is 77.6 Å². The maximum Gasteiger partial charge on any atom is 0.471 e. The van der Waals surface area contributed by atoms with E-state index in [2.05, 4.69) is 0 Å². The predicted octanol–water partition coefficient (Wildman–Crippen LogP) is 0.553. The van der Waals surface area contributed by atoms with Gasteiger partial charge in [-0.05, 0) is 24.9 Å². The van der Waals surface area contributed by atoms with Crippen molar-refractivity contribution in [1.82, 2.24) is 15.1 Å². The van der Waals surface area contributed by atoms with Crippen molar-refractivity contribution in [2.24, 2.45) is 17.3 Å². The minimum absolute atomic E-state index is 0.00424. The number of nitrogens with zero attached hydrogens (tertiary/aromatic N) is 2. The van der Waals surface area contributed by atoms with Crippen molar-refractivity contribution in [3.8, 4) is 0 Å². The summed E-state index contributed by atoms with van der Waals surface area (Å²) in [5, 5.41) is 11.2. The Morgan fingerprint density at radius 1 is 1.35 bits per heavy atom. The van der Waals surface area contributed by atoms with Crippen molar-refractivity contribution in [3.63, 3.8) is 0 Å². The third kappa shape index (κ3) is 3.65. The molecule has 2 rings (SSSR count). The lowest BCUT2D eigenvalue weighted by atomic mass is 10.0. The van der Waals surface area contributed by atoms with E-state index < -0.39 is 36.0 Å². The van der Waals surface area contributed by atoms with Gasteiger partial charge in [-0.2, -0.15) is 13.2 Å². The topological polar surface area (TPSA) is 90.0 Å². The lowest BCUT2D eigenvalue weighted by molar-refractivity contribution is -0.175. The molecule has 0 aromatic heterocycles. The molecule has 0 aromatic rings. The Morgan fingerprint density at radius 3 is 2.38 bits per heavy atom. The number of aliphatic carboxylic acids is 1. The molecule has 2 amide bonds. The van der Waals surface area contributed by atoms with Gasteiger partial charge in [0.2, 0.25) is 5.91 Å². The SMILES string of the molecule is CCN(C)C[C@H](NC(=O)C(F)(F)F)C(=O)N1C[C@H]2[C@@H]([C@H]1C(=O)O)C2(C)C. The summed E-state index contributed by atoms with van der Waals surface area (Å²) in [6.07, 6.45) is -5.12. The van der Waals surface area contributed by atoms with E-state index in [-0.39, 0.29) is 30.3 Å². The number of halogens is 3. The van der Waals surface area contributed by atoms with E-state index in [0.717, 1.165) is 4.90 Å². The fraction of sp³-hybridized carbons (Fsp3) is 0.812. The quantitative estimate of drug-likeness (QED) is 0.704. The van der Waals surface area contributed by atoms with Gasteiger partial charge in [-0.25, -0.2) is 4.79 Å². The molecule has 1 saturated heterocycles. The molecule has 1 aliphatic carbocycles. The number of carbonyl (C=O) groups excluding carboxylic acids is 2. The van der Waals surface area contributed by atoms with Gasteiger partial charge < -0.3 is 20.2 Å². The molecule has 0 radical (unpaired) electrons. The fourth-order valence-electron chi connectivity index (χ4n) is 3.86. The number of alkyl halides is 3. The largest absolute Gasteiger partial charge is 0.480 e. The van der Waals surface area contributed by atoms with Gasteiger partial charge in [-0.1, -0.05) is 20.8 Å². The van der Waals surface area contributed by atoms with Gasteiger partial charge in [-0.15, -0.1) is 0 Å². The molecule has 1 aliphatic heterocycles. The number of likely N-dealkylation sites (tertiary alicyclic amines) is 1. The van der Waals surface area contributed by atoms with E-state index >= 15 is 0 Å². The Balaban J connectivity index is 2.20. The predicted molar refractivity (Wildman–Crippen MR) is 85.1 cm³/mol. The molecule has 1 saturated carbocycles. The number of rotatable bonds is 6. The molecule has 2 N–H and O–H groups in total. The van der Waals surface area contributed by atoms with E-state index in [9.17, 15) is 32.7 Å². The number of fused-ring (bicyclic) bond motifs is 1. The molecule has 0 unspecified atom stereocenters. The zero-order valence-electron chi connectivity index (χ0n) is 15.1. The summed E-state index contributed by atoms with van der Waals surface area (Å²) >= 11 is 0. The van der Waals surface area contributed by atoms with Crippen LogP contribution in [0.5, 0.6) is 0 Å². The monoisotopic (exact) mass is 379 g/mol. The number of hydrogen-bond acceptors (Lipinski definition) is 4. The molecule has 10 heteroatoms. The number of carbonyl (C=O) groups is 3. The molecule has 7 nitrogen and oxygen atoms in total. The number of nitrogens with one attached hydrogen (secondary N) is 1.